The SMILES string of the molecule is Cc1cc(S(N)(=O)=O)cc(NC(C)c2nccs2)c1C. The number of nitrogens with zero attached hydrogens (tertiary/aromatic N) is 1. The number of nitrogens with one attached hydrogen (secondary N) is 1. The molecule has 20 heavy (non-hydrogen) atoms. The van der Waals surface area contributed by atoms with E-state index in [2.05, 4.69) is 10.3 Å². The first-order chi connectivity index (χ1) is 9.29. The van der Waals surface area contributed by atoms with Gasteiger partial charge in [0.1, 0.15) is 5.01 Å². The van der Waals surface area contributed by atoms with E-state index in [1.54, 1.807) is 29.7 Å². The van der Waals surface area contributed by atoms with Crippen molar-refractivity contribution in [1.82, 2.24) is 4.98 Å². The van der Waals surface area contributed by atoms with Crippen LogP contribution < -0.4 is 10.5 Å². The van der Waals surface area contributed by atoms with Gasteiger partial charge in [-0.3, -0.25) is 0 Å². The second kappa shape index (κ2) is 5.51. The molecule has 0 aliphatic rings. The van der Waals surface area contributed by atoms with Crippen LogP contribution in [0, 0.1) is 13.8 Å². The number of benzene rings is 1. The van der Waals surface area contributed by atoms with Gasteiger partial charge in [-0.05, 0) is 44.0 Å². The summed E-state index contributed by atoms with van der Waals surface area (Å²) in [5, 5.41) is 11.4. The third-order valence-electron chi connectivity index (χ3n) is 3.16. The number of aromatic nitrogens is 1. The van der Waals surface area contributed by atoms with Crippen LogP contribution in [0.3, 0.4) is 0 Å². The van der Waals surface area contributed by atoms with Crippen LogP contribution in [0.4, 0.5) is 5.69 Å². The Labute approximate surface area is 122 Å². The Bertz CT molecular complexity index is 709. The Morgan fingerprint density at radius 3 is 2.60 bits per heavy atom. The highest BCUT2D eigenvalue weighted by atomic mass is 32.2. The van der Waals surface area contributed by atoms with Crippen molar-refractivity contribution >= 4 is 27.0 Å². The minimum absolute atomic E-state index is 0.00354. The fourth-order valence-corrected chi connectivity index (χ4v) is 3.15. The van der Waals surface area contributed by atoms with Crippen molar-refractivity contribution in [3.05, 3.63) is 39.8 Å². The maximum Gasteiger partial charge on any atom is 0.238 e. The average molecular weight is 311 g/mol. The van der Waals surface area contributed by atoms with Crippen molar-refractivity contribution < 1.29 is 8.42 Å². The van der Waals surface area contributed by atoms with Crippen LogP contribution in [-0.2, 0) is 10.0 Å². The molecule has 1 heterocycles. The summed E-state index contributed by atoms with van der Waals surface area (Å²) in [5.41, 5.74) is 2.64. The molecule has 0 aliphatic heterocycles. The number of anilines is 1. The van der Waals surface area contributed by atoms with Crippen LogP contribution in [-0.4, -0.2) is 13.4 Å². The van der Waals surface area contributed by atoms with Gasteiger partial charge in [0.05, 0.1) is 10.9 Å². The van der Waals surface area contributed by atoms with Gasteiger partial charge in [0.2, 0.25) is 10.0 Å². The largest absolute Gasteiger partial charge is 0.376 e. The molecule has 1 unspecified atom stereocenters. The molecule has 0 fully saturated rings. The van der Waals surface area contributed by atoms with Crippen molar-refractivity contribution in [2.24, 2.45) is 5.14 Å². The zero-order chi connectivity index (χ0) is 14.9. The molecular weight excluding hydrogens is 294 g/mol. The first-order valence-electron chi connectivity index (χ1n) is 6.09. The van der Waals surface area contributed by atoms with Gasteiger partial charge in [0, 0.05) is 17.3 Å². The Hall–Kier alpha value is -1.44. The first-order valence-corrected chi connectivity index (χ1v) is 8.51. The Balaban J connectivity index is 2.39. The highest BCUT2D eigenvalue weighted by molar-refractivity contribution is 7.89. The van der Waals surface area contributed by atoms with E-state index in [9.17, 15) is 8.42 Å². The van der Waals surface area contributed by atoms with Crippen LogP contribution in [0.5, 0.6) is 0 Å². The number of sulfonamides is 1. The van der Waals surface area contributed by atoms with Crippen molar-refractivity contribution in [3.63, 3.8) is 0 Å². The van der Waals surface area contributed by atoms with Crippen molar-refractivity contribution in [3.8, 4) is 0 Å². The van der Waals surface area contributed by atoms with E-state index in [0.717, 1.165) is 21.8 Å². The number of hydrogen-bond donors (Lipinski definition) is 2. The summed E-state index contributed by atoms with van der Waals surface area (Å²) in [6.07, 6.45) is 1.75. The number of rotatable bonds is 4. The summed E-state index contributed by atoms with van der Waals surface area (Å²) in [5.74, 6) is 0. The van der Waals surface area contributed by atoms with Crippen molar-refractivity contribution in [2.75, 3.05) is 5.32 Å². The van der Waals surface area contributed by atoms with Crippen LogP contribution in [0.1, 0.15) is 29.1 Å². The van der Waals surface area contributed by atoms with Crippen LogP contribution in [0.2, 0.25) is 0 Å². The molecule has 0 saturated heterocycles. The lowest BCUT2D eigenvalue weighted by Gasteiger charge is -2.17. The van der Waals surface area contributed by atoms with Gasteiger partial charge in [-0.1, -0.05) is 0 Å². The quantitative estimate of drug-likeness (QED) is 0.909. The second-order valence-electron chi connectivity index (χ2n) is 4.69. The topological polar surface area (TPSA) is 85.1 Å². The summed E-state index contributed by atoms with van der Waals surface area (Å²) in [7, 11) is -3.71. The summed E-state index contributed by atoms with van der Waals surface area (Å²) in [6, 6.07) is 3.16. The number of aryl methyl sites for hydroxylation is 1. The molecular formula is C13H17N3O2S2. The maximum absolute atomic E-state index is 11.5. The van der Waals surface area contributed by atoms with E-state index in [4.69, 9.17) is 5.14 Å². The van der Waals surface area contributed by atoms with E-state index in [1.165, 1.54) is 0 Å². The molecule has 1 aromatic carbocycles. The highest BCUT2D eigenvalue weighted by Crippen LogP contribution is 2.27. The molecule has 0 bridgehead atoms. The summed E-state index contributed by atoms with van der Waals surface area (Å²) in [4.78, 5) is 4.37. The molecule has 5 nitrogen and oxygen atoms in total. The van der Waals surface area contributed by atoms with Gasteiger partial charge in [-0.25, -0.2) is 18.5 Å². The van der Waals surface area contributed by atoms with E-state index in [-0.39, 0.29) is 10.9 Å². The zero-order valence-corrected chi connectivity index (χ0v) is 13.2. The maximum atomic E-state index is 11.5. The third-order valence-corrected chi connectivity index (χ3v) is 5.01. The van der Waals surface area contributed by atoms with Crippen molar-refractivity contribution in [1.29, 1.82) is 0 Å². The van der Waals surface area contributed by atoms with Gasteiger partial charge < -0.3 is 5.32 Å². The minimum Gasteiger partial charge on any atom is -0.376 e. The van der Waals surface area contributed by atoms with Gasteiger partial charge in [-0.2, -0.15) is 0 Å². The van der Waals surface area contributed by atoms with Crippen LogP contribution in [0.25, 0.3) is 0 Å². The molecule has 0 spiro atoms. The lowest BCUT2D eigenvalue weighted by molar-refractivity contribution is 0.597. The molecule has 0 saturated carbocycles. The molecule has 1 aromatic heterocycles. The van der Waals surface area contributed by atoms with E-state index in [1.807, 2.05) is 26.2 Å². The number of hydrogen-bond acceptors (Lipinski definition) is 5. The lowest BCUT2D eigenvalue weighted by Crippen LogP contribution is -2.14. The third kappa shape index (κ3) is 3.17. The predicted molar refractivity (Wildman–Crippen MR) is 81.4 cm³/mol. The summed E-state index contributed by atoms with van der Waals surface area (Å²) in [6.45, 7) is 5.79. The number of primary sulfonamides is 1. The highest BCUT2D eigenvalue weighted by Gasteiger charge is 2.15. The minimum atomic E-state index is -3.71. The Morgan fingerprint density at radius 1 is 1.35 bits per heavy atom. The molecule has 2 rings (SSSR count). The van der Waals surface area contributed by atoms with E-state index in [0.29, 0.717) is 0 Å². The molecule has 0 radical (unpaired) electrons. The normalized spacial score (nSPS) is 13.2. The fraction of sp³-hybridized carbons (Fsp3) is 0.308. The van der Waals surface area contributed by atoms with Crippen molar-refractivity contribution in [2.45, 2.75) is 31.7 Å². The smallest absolute Gasteiger partial charge is 0.238 e. The fourth-order valence-electron chi connectivity index (χ4n) is 1.88. The summed E-state index contributed by atoms with van der Waals surface area (Å²) >= 11 is 1.55. The molecule has 108 valence electrons. The molecule has 0 amide bonds. The standard InChI is InChI=1S/C13H17N3O2S2/c1-8-6-11(20(14,17)18)7-12(9(8)2)16-10(3)13-15-4-5-19-13/h4-7,10,16H,1-3H3,(H2,14,17,18). The number of thiazole rings is 1. The first kappa shape index (κ1) is 15.0. The molecule has 2 aromatic rings. The van der Waals surface area contributed by atoms with E-state index >= 15 is 0 Å². The lowest BCUT2D eigenvalue weighted by atomic mass is 10.1. The predicted octanol–water partition coefficient (Wildman–Crippen LogP) is 2.58. The average Bonchev–Trinajstić information content (AvgIpc) is 2.87. The molecule has 1 atom stereocenters. The van der Waals surface area contributed by atoms with Gasteiger partial charge in [0.15, 0.2) is 0 Å². The Kier molecular flexibility index (Phi) is 4.12. The van der Waals surface area contributed by atoms with Gasteiger partial charge in [0.25, 0.3) is 0 Å². The van der Waals surface area contributed by atoms with Crippen LogP contribution in [0.15, 0.2) is 28.6 Å². The van der Waals surface area contributed by atoms with Crippen LogP contribution >= 0.6 is 11.3 Å². The Morgan fingerprint density at radius 2 is 2.05 bits per heavy atom. The monoisotopic (exact) mass is 311 g/mol. The number of nitrogens with two attached hydrogens (primary N) is 1. The second-order valence-corrected chi connectivity index (χ2v) is 7.18. The van der Waals surface area contributed by atoms with E-state index < -0.39 is 10.0 Å². The summed E-state index contributed by atoms with van der Waals surface area (Å²) < 4.78 is 23.0. The molecule has 0 aliphatic carbocycles. The van der Waals surface area contributed by atoms with Gasteiger partial charge in [-0.15, -0.1) is 11.3 Å². The molecule has 7 heteroatoms. The molecule has 3 N–H and O–H groups in total. The van der Waals surface area contributed by atoms with Gasteiger partial charge >= 0.3 is 0 Å². The zero-order valence-electron chi connectivity index (χ0n) is 11.5.